The highest BCUT2D eigenvalue weighted by Gasteiger charge is 2.12. The van der Waals surface area contributed by atoms with Gasteiger partial charge in [0.05, 0.1) is 9.85 Å². The summed E-state index contributed by atoms with van der Waals surface area (Å²) < 4.78 is 2.04. The van der Waals surface area contributed by atoms with Crippen LogP contribution in [-0.2, 0) is 0 Å². The fourth-order valence-corrected chi connectivity index (χ4v) is 2.81. The molecule has 114 valence electrons. The average Bonchev–Trinajstić information content (AvgIpc) is 2.88. The van der Waals surface area contributed by atoms with Crippen LogP contribution in [0, 0.1) is 6.92 Å². The first kappa shape index (κ1) is 17.1. The van der Waals surface area contributed by atoms with Gasteiger partial charge in [-0.25, -0.2) is 4.98 Å². The Bertz CT molecular complexity index is 802. The molecule has 0 unspecified atom stereocenters. The monoisotopic (exact) mass is 400 g/mol. The van der Waals surface area contributed by atoms with Crippen LogP contribution < -0.4 is 10.5 Å². The van der Waals surface area contributed by atoms with Crippen molar-refractivity contribution in [3.63, 3.8) is 0 Å². The van der Waals surface area contributed by atoms with Gasteiger partial charge in [-0.05, 0) is 30.7 Å². The average molecular weight is 401 g/mol. The summed E-state index contributed by atoms with van der Waals surface area (Å²) in [6, 6.07) is 7.01. The molecule has 6 nitrogen and oxygen atoms in total. The van der Waals surface area contributed by atoms with Gasteiger partial charge in [0.15, 0.2) is 0 Å². The maximum Gasteiger partial charge on any atom is 0.499 e. The van der Waals surface area contributed by atoms with E-state index in [4.69, 9.17) is 27.4 Å². The molecule has 3 aromatic rings. The fourth-order valence-electron chi connectivity index (χ4n) is 1.54. The van der Waals surface area contributed by atoms with Crippen molar-refractivity contribution in [1.29, 1.82) is 0 Å². The van der Waals surface area contributed by atoms with Crippen LogP contribution in [-0.4, -0.2) is 32.3 Å². The van der Waals surface area contributed by atoms with Gasteiger partial charge >= 0.3 is 7.12 Å². The molecule has 2 heterocycles. The minimum absolute atomic E-state index is 0.203. The summed E-state index contributed by atoms with van der Waals surface area (Å²) in [5.74, 6) is 0.203. The van der Waals surface area contributed by atoms with E-state index in [1.165, 1.54) is 0 Å². The number of nitrogens with two attached hydrogens (primary N) is 1. The molecule has 1 aromatic carbocycles. The second kappa shape index (κ2) is 7.34. The lowest BCUT2D eigenvalue weighted by Crippen LogP contribution is -2.26. The van der Waals surface area contributed by atoms with E-state index in [1.54, 1.807) is 12.1 Å². The quantitative estimate of drug-likeness (QED) is 0.537. The first-order valence-corrected chi connectivity index (χ1v) is 8.03. The molecule has 4 N–H and O–H groups in total. The van der Waals surface area contributed by atoms with Gasteiger partial charge < -0.3 is 15.8 Å². The highest BCUT2D eigenvalue weighted by molar-refractivity contribution is 9.10. The van der Waals surface area contributed by atoms with Gasteiger partial charge in [0.25, 0.3) is 0 Å². The van der Waals surface area contributed by atoms with Crippen molar-refractivity contribution in [2.45, 2.75) is 6.92 Å². The van der Waals surface area contributed by atoms with E-state index >= 15 is 0 Å². The lowest BCUT2D eigenvalue weighted by molar-refractivity contribution is 0.427. The van der Waals surface area contributed by atoms with Crippen LogP contribution in [0.3, 0.4) is 0 Å². The minimum atomic E-state index is -1.39. The van der Waals surface area contributed by atoms with Crippen molar-refractivity contribution in [3.8, 4) is 0 Å². The van der Waals surface area contributed by atoms with Gasteiger partial charge in [-0.15, -0.1) is 21.5 Å². The number of hydrogen-bond acceptors (Lipinski definition) is 7. The zero-order valence-corrected chi connectivity index (χ0v) is 14.5. The van der Waals surface area contributed by atoms with Gasteiger partial charge in [0.2, 0.25) is 5.95 Å². The smallest absolute Gasteiger partial charge is 0.423 e. The molecule has 0 saturated heterocycles. The molecule has 2 aromatic heterocycles. The Morgan fingerprint density at radius 3 is 2.50 bits per heavy atom. The summed E-state index contributed by atoms with van der Waals surface area (Å²) >= 11 is 10.1. The van der Waals surface area contributed by atoms with Gasteiger partial charge in [-0.2, -0.15) is 0 Å². The Balaban J connectivity index is 0.000000172. The van der Waals surface area contributed by atoms with Gasteiger partial charge in [-0.3, -0.25) is 0 Å². The number of rotatable bonds is 1. The molecule has 0 amide bonds. The number of aromatic nitrogens is 3. The normalized spacial score (nSPS) is 10.2. The summed E-state index contributed by atoms with van der Waals surface area (Å²) in [5, 5.41) is 24.7. The SMILES string of the molecule is Cc1cc2nc(N)nnc2cc1Br.OB(O)c1ccc(Cl)s1. The molecule has 0 spiro atoms. The summed E-state index contributed by atoms with van der Waals surface area (Å²) in [4.78, 5) is 4.06. The van der Waals surface area contributed by atoms with Crippen molar-refractivity contribution < 1.29 is 10.0 Å². The van der Waals surface area contributed by atoms with Crippen molar-refractivity contribution >= 4 is 67.7 Å². The molecule has 0 radical (unpaired) electrons. The second-order valence-electron chi connectivity index (χ2n) is 4.28. The van der Waals surface area contributed by atoms with Crippen LogP contribution in [0.25, 0.3) is 11.0 Å². The number of hydrogen-bond donors (Lipinski definition) is 3. The van der Waals surface area contributed by atoms with Gasteiger partial charge in [-0.1, -0.05) is 33.6 Å². The molecule has 22 heavy (non-hydrogen) atoms. The van der Waals surface area contributed by atoms with Crippen LogP contribution in [0.5, 0.6) is 0 Å². The lowest BCUT2D eigenvalue weighted by atomic mass is 9.90. The number of anilines is 1. The summed E-state index contributed by atoms with van der Waals surface area (Å²) in [6.45, 7) is 1.99. The van der Waals surface area contributed by atoms with E-state index < -0.39 is 7.12 Å². The van der Waals surface area contributed by atoms with Crippen LogP contribution >= 0.6 is 38.9 Å². The number of halogens is 2. The van der Waals surface area contributed by atoms with Gasteiger partial charge in [0, 0.05) is 9.25 Å². The van der Waals surface area contributed by atoms with Crippen molar-refractivity contribution in [1.82, 2.24) is 15.2 Å². The Hall–Kier alpha value is -1.26. The molecule has 0 aliphatic rings. The van der Waals surface area contributed by atoms with Crippen LogP contribution in [0.15, 0.2) is 28.7 Å². The molecule has 0 saturated carbocycles. The van der Waals surface area contributed by atoms with E-state index in [-0.39, 0.29) is 5.95 Å². The number of aryl methyl sites for hydroxylation is 1. The third-order valence-electron chi connectivity index (χ3n) is 2.60. The Morgan fingerprint density at radius 1 is 1.23 bits per heavy atom. The topological polar surface area (TPSA) is 105 Å². The van der Waals surface area contributed by atoms with Crippen molar-refractivity contribution in [2.24, 2.45) is 0 Å². The molecule has 3 rings (SSSR count). The number of nitrogens with zero attached hydrogens (tertiary/aromatic N) is 3. The zero-order valence-electron chi connectivity index (χ0n) is 11.4. The van der Waals surface area contributed by atoms with E-state index in [0.29, 0.717) is 9.11 Å². The summed E-state index contributed by atoms with van der Waals surface area (Å²) in [5.41, 5.74) is 8.03. The maximum absolute atomic E-state index is 8.54. The maximum atomic E-state index is 8.54. The lowest BCUT2D eigenvalue weighted by Gasteiger charge is -2.00. The van der Waals surface area contributed by atoms with Crippen LogP contribution in [0.2, 0.25) is 4.34 Å². The third-order valence-corrected chi connectivity index (χ3v) is 4.72. The predicted octanol–water partition coefficient (Wildman–Crippen LogP) is 1.76. The minimum Gasteiger partial charge on any atom is -0.423 e. The van der Waals surface area contributed by atoms with Crippen molar-refractivity contribution in [3.05, 3.63) is 38.6 Å². The second-order valence-corrected chi connectivity index (χ2v) is 6.88. The Kier molecular flexibility index (Phi) is 5.71. The first-order chi connectivity index (χ1) is 10.4. The predicted molar refractivity (Wildman–Crippen MR) is 93.3 cm³/mol. The van der Waals surface area contributed by atoms with E-state index in [0.717, 1.165) is 32.4 Å². The Labute approximate surface area is 144 Å². The standard InChI is InChI=1S/C8H7BrN4.C4H4BClO2S/c1-4-2-6-7(3-5(4)9)12-13-8(10)11-6;6-4-2-1-3(9-4)5(7)8/h2-3H,1H3,(H2,10,11,13);1-2,7-8H. The van der Waals surface area contributed by atoms with E-state index in [1.807, 2.05) is 19.1 Å². The largest absolute Gasteiger partial charge is 0.499 e. The molecule has 0 atom stereocenters. The van der Waals surface area contributed by atoms with E-state index in [9.17, 15) is 0 Å². The molecule has 0 fully saturated rings. The summed E-state index contributed by atoms with van der Waals surface area (Å²) in [7, 11) is -1.39. The number of thiophene rings is 1. The highest BCUT2D eigenvalue weighted by atomic mass is 79.9. The Morgan fingerprint density at radius 2 is 1.95 bits per heavy atom. The fraction of sp³-hybridized carbons (Fsp3) is 0.0833. The highest BCUT2D eigenvalue weighted by Crippen LogP contribution is 2.20. The zero-order chi connectivity index (χ0) is 16.3. The molecular weight excluding hydrogens is 390 g/mol. The molecule has 10 heteroatoms. The summed E-state index contributed by atoms with van der Waals surface area (Å²) in [6.07, 6.45) is 0. The number of nitrogen functional groups attached to an aromatic ring is 1. The molecule has 0 aliphatic heterocycles. The molecule has 0 bridgehead atoms. The third kappa shape index (κ3) is 4.37. The van der Waals surface area contributed by atoms with E-state index in [2.05, 4.69) is 31.1 Å². The molecule has 0 aliphatic carbocycles. The molecular formula is C12H11BBrClN4O2S. The van der Waals surface area contributed by atoms with Crippen LogP contribution in [0.4, 0.5) is 5.95 Å². The van der Waals surface area contributed by atoms with Gasteiger partial charge in [0.1, 0.15) is 5.52 Å². The van der Waals surface area contributed by atoms with Crippen LogP contribution in [0.1, 0.15) is 5.56 Å². The number of benzene rings is 1. The van der Waals surface area contributed by atoms with Crippen molar-refractivity contribution in [2.75, 3.05) is 5.73 Å². The number of fused-ring (bicyclic) bond motifs is 1. The first-order valence-electron chi connectivity index (χ1n) is 6.04.